The molecule has 6 heteroatoms. The van der Waals surface area contributed by atoms with Crippen LogP contribution < -0.4 is 0 Å². The number of rotatable bonds is 0. The molecule has 0 aromatic carbocycles. The van der Waals surface area contributed by atoms with Gasteiger partial charge in [0.2, 0.25) is 0 Å². The standard InChI is InChI=1S/2C6H8ClNO.2C2H6.CH4/c2*7-6(9)8-4-2-1-3-5-8;2*1-2;/h2,4H,1,3,5H2;1-2H,3-5H2;2*1-2H3;1H4. The van der Waals surface area contributed by atoms with Gasteiger partial charge in [-0.05, 0) is 42.5 Å². The minimum Gasteiger partial charge on any atom is -0.325 e. The molecule has 2 heterocycles. The molecule has 0 fully saturated rings. The molecule has 0 saturated heterocycles. The van der Waals surface area contributed by atoms with E-state index >= 15 is 0 Å². The Balaban J connectivity index is -0.000000276. The van der Waals surface area contributed by atoms with E-state index in [-0.39, 0.29) is 18.2 Å². The first-order chi connectivity index (χ1) is 10.6. The number of amides is 2. The van der Waals surface area contributed by atoms with E-state index in [0.29, 0.717) is 6.54 Å². The minimum atomic E-state index is -0.383. The summed E-state index contributed by atoms with van der Waals surface area (Å²) in [6.07, 6.45) is 10.7. The fourth-order valence-electron chi connectivity index (χ4n) is 1.60. The number of hydrogen-bond acceptors (Lipinski definition) is 2. The molecule has 0 aromatic rings. The topological polar surface area (TPSA) is 40.6 Å². The largest absolute Gasteiger partial charge is 0.325 e. The molecule has 0 bridgehead atoms. The predicted octanol–water partition coefficient (Wildman–Crippen LogP) is 6.25. The lowest BCUT2D eigenvalue weighted by molar-refractivity contribution is 0.226. The van der Waals surface area contributed by atoms with Gasteiger partial charge in [0.1, 0.15) is 0 Å². The fourth-order valence-corrected chi connectivity index (χ4v) is 1.90. The van der Waals surface area contributed by atoms with Crippen molar-refractivity contribution in [3.05, 3.63) is 24.4 Å². The molecule has 0 aliphatic carbocycles. The third-order valence-corrected chi connectivity index (χ3v) is 3.04. The quantitative estimate of drug-likeness (QED) is 0.288. The molecule has 2 rings (SSSR count). The lowest BCUT2D eigenvalue weighted by Crippen LogP contribution is -2.29. The molecule has 2 aliphatic heterocycles. The fraction of sp³-hybridized carbons (Fsp3) is 0.647. The van der Waals surface area contributed by atoms with Crippen molar-refractivity contribution in [3.63, 3.8) is 0 Å². The van der Waals surface area contributed by atoms with Crippen molar-refractivity contribution in [2.75, 3.05) is 19.6 Å². The summed E-state index contributed by atoms with van der Waals surface area (Å²) in [6, 6.07) is 0. The van der Waals surface area contributed by atoms with Crippen LogP contribution in [0.2, 0.25) is 0 Å². The average Bonchev–Trinajstić information content (AvgIpc) is 2.60. The van der Waals surface area contributed by atoms with Crippen molar-refractivity contribution in [1.82, 2.24) is 9.80 Å². The third kappa shape index (κ3) is 14.3. The maximum Gasteiger partial charge on any atom is 0.320 e. The smallest absolute Gasteiger partial charge is 0.320 e. The molecule has 0 unspecified atom stereocenters. The normalized spacial score (nSPS) is 14.7. The van der Waals surface area contributed by atoms with E-state index < -0.39 is 0 Å². The van der Waals surface area contributed by atoms with Gasteiger partial charge in [0.05, 0.1) is 0 Å². The molecule has 0 saturated carbocycles. The van der Waals surface area contributed by atoms with Gasteiger partial charge >= 0.3 is 10.7 Å². The van der Waals surface area contributed by atoms with E-state index in [9.17, 15) is 9.59 Å². The summed E-state index contributed by atoms with van der Waals surface area (Å²) in [4.78, 5) is 24.0. The van der Waals surface area contributed by atoms with Crippen molar-refractivity contribution < 1.29 is 9.59 Å². The monoisotopic (exact) mass is 366 g/mol. The third-order valence-electron chi connectivity index (χ3n) is 2.59. The van der Waals surface area contributed by atoms with Gasteiger partial charge in [-0.2, -0.15) is 0 Å². The predicted molar refractivity (Wildman–Crippen MR) is 102 cm³/mol. The lowest BCUT2D eigenvalue weighted by Gasteiger charge is -2.19. The molecule has 0 spiro atoms. The van der Waals surface area contributed by atoms with Gasteiger partial charge in [0, 0.05) is 25.8 Å². The zero-order chi connectivity index (χ0) is 17.4. The summed E-state index contributed by atoms with van der Waals surface area (Å²) in [5.41, 5.74) is 0. The van der Waals surface area contributed by atoms with Crippen LogP contribution in [-0.4, -0.2) is 40.2 Å². The van der Waals surface area contributed by atoms with Crippen molar-refractivity contribution in [2.24, 2.45) is 0 Å². The molecular weight excluding hydrogens is 335 g/mol. The van der Waals surface area contributed by atoms with Crippen LogP contribution in [0.3, 0.4) is 0 Å². The van der Waals surface area contributed by atoms with Gasteiger partial charge in [-0.1, -0.05) is 53.3 Å². The van der Waals surface area contributed by atoms with E-state index in [4.69, 9.17) is 23.2 Å². The Kier molecular flexibility index (Phi) is 22.3. The second-order valence-electron chi connectivity index (χ2n) is 3.93. The van der Waals surface area contributed by atoms with Gasteiger partial charge in [-0.25, -0.2) is 0 Å². The van der Waals surface area contributed by atoms with Crippen molar-refractivity contribution >= 4 is 33.9 Å². The van der Waals surface area contributed by atoms with Gasteiger partial charge in [0.15, 0.2) is 0 Å². The Morgan fingerprint density at radius 3 is 1.74 bits per heavy atom. The van der Waals surface area contributed by atoms with E-state index in [2.05, 4.69) is 6.08 Å². The SMILES string of the molecule is C.CC.CC.O=C(Cl)N1C=CCCC1.O=C(Cl)N1CC=CCC1. The molecular formula is C17H32Cl2N2O2. The summed E-state index contributed by atoms with van der Waals surface area (Å²) in [5, 5.41) is -0.731. The Morgan fingerprint density at radius 1 is 0.870 bits per heavy atom. The summed E-state index contributed by atoms with van der Waals surface area (Å²) >= 11 is 10.4. The molecule has 136 valence electrons. The van der Waals surface area contributed by atoms with Crippen molar-refractivity contribution in [1.29, 1.82) is 0 Å². The Bertz CT molecular complexity index is 359. The van der Waals surface area contributed by atoms with Crippen LogP contribution in [0.25, 0.3) is 0 Å². The highest BCUT2D eigenvalue weighted by molar-refractivity contribution is 6.63. The zero-order valence-corrected chi connectivity index (χ0v) is 15.5. The van der Waals surface area contributed by atoms with Crippen LogP contribution in [0.1, 0.15) is 54.4 Å². The molecule has 4 nitrogen and oxygen atoms in total. The van der Waals surface area contributed by atoms with Crippen LogP contribution in [0, 0.1) is 0 Å². The van der Waals surface area contributed by atoms with Gasteiger partial charge in [0.25, 0.3) is 0 Å². The van der Waals surface area contributed by atoms with Gasteiger partial charge in [-0.15, -0.1) is 0 Å². The number of carbonyl (C=O) groups is 2. The Morgan fingerprint density at radius 2 is 1.48 bits per heavy atom. The number of halogens is 2. The molecule has 0 aromatic heterocycles. The molecule has 0 atom stereocenters. The van der Waals surface area contributed by atoms with Gasteiger partial charge in [-0.3, -0.25) is 9.59 Å². The van der Waals surface area contributed by atoms with Crippen molar-refractivity contribution in [2.45, 2.75) is 54.4 Å². The molecule has 23 heavy (non-hydrogen) atoms. The van der Waals surface area contributed by atoms with E-state index in [0.717, 1.165) is 32.4 Å². The number of allylic oxidation sites excluding steroid dienone is 1. The highest BCUT2D eigenvalue weighted by atomic mass is 35.5. The van der Waals surface area contributed by atoms with E-state index in [1.807, 2.05) is 39.8 Å². The first-order valence-electron chi connectivity index (χ1n) is 7.83. The highest BCUT2D eigenvalue weighted by Gasteiger charge is 2.09. The maximum atomic E-state index is 10.5. The van der Waals surface area contributed by atoms with Crippen LogP contribution in [0.5, 0.6) is 0 Å². The lowest BCUT2D eigenvalue weighted by atomic mass is 10.2. The van der Waals surface area contributed by atoms with Crippen LogP contribution in [0.4, 0.5) is 9.59 Å². The zero-order valence-electron chi connectivity index (χ0n) is 14.0. The molecule has 0 radical (unpaired) electrons. The highest BCUT2D eigenvalue weighted by Crippen LogP contribution is 2.07. The Hall–Kier alpha value is -1.00. The number of hydrogen-bond donors (Lipinski definition) is 0. The summed E-state index contributed by atoms with van der Waals surface area (Å²) in [5.74, 6) is 0. The summed E-state index contributed by atoms with van der Waals surface area (Å²) < 4.78 is 0. The second kappa shape index (κ2) is 19.0. The van der Waals surface area contributed by atoms with Crippen LogP contribution in [0.15, 0.2) is 24.4 Å². The summed E-state index contributed by atoms with van der Waals surface area (Å²) in [6.45, 7) is 10.2. The first-order valence-corrected chi connectivity index (χ1v) is 8.59. The molecule has 0 N–H and O–H groups in total. The minimum absolute atomic E-state index is 0. The van der Waals surface area contributed by atoms with Crippen LogP contribution >= 0.6 is 23.2 Å². The second-order valence-corrected chi connectivity index (χ2v) is 4.58. The first kappa shape index (κ1) is 26.9. The van der Waals surface area contributed by atoms with E-state index in [1.165, 1.54) is 4.90 Å². The Labute approximate surface area is 152 Å². The van der Waals surface area contributed by atoms with E-state index in [1.54, 1.807) is 11.1 Å². The number of nitrogens with zero attached hydrogens (tertiary/aromatic N) is 2. The molecule has 2 amide bonds. The van der Waals surface area contributed by atoms with Crippen molar-refractivity contribution in [3.8, 4) is 0 Å². The average molecular weight is 367 g/mol. The number of carbonyl (C=O) groups excluding carboxylic acids is 2. The van der Waals surface area contributed by atoms with Gasteiger partial charge < -0.3 is 9.80 Å². The van der Waals surface area contributed by atoms with Crippen LogP contribution in [-0.2, 0) is 0 Å². The molecule has 2 aliphatic rings. The summed E-state index contributed by atoms with van der Waals surface area (Å²) in [7, 11) is 0. The maximum absolute atomic E-state index is 10.5.